The Kier molecular flexibility index (Phi) is 5.72. The van der Waals surface area contributed by atoms with Crippen LogP contribution in [0.1, 0.15) is 24.9 Å². The number of benzene rings is 1. The first-order valence-electron chi connectivity index (χ1n) is 8.42. The summed E-state index contributed by atoms with van der Waals surface area (Å²) in [7, 11) is 0. The van der Waals surface area contributed by atoms with Crippen molar-refractivity contribution in [1.29, 1.82) is 0 Å². The van der Waals surface area contributed by atoms with E-state index in [0.29, 0.717) is 23.2 Å². The fourth-order valence-electron chi connectivity index (χ4n) is 2.52. The number of thioether (sulfide) groups is 1. The molecule has 0 aliphatic rings. The molecule has 0 aliphatic heterocycles. The van der Waals surface area contributed by atoms with E-state index in [1.807, 2.05) is 55.5 Å². The van der Waals surface area contributed by atoms with E-state index >= 15 is 0 Å². The Balaban J connectivity index is 1.67. The fraction of sp³-hybridized carbons (Fsp3) is 0.333. The smallest absolute Gasteiger partial charge is 0.234 e. The molecule has 0 bridgehead atoms. The Morgan fingerprint density at radius 3 is 2.88 bits per heavy atom. The zero-order valence-electron chi connectivity index (χ0n) is 15.0. The molecule has 2 heterocycles. The predicted molar refractivity (Wildman–Crippen MR) is 102 cm³/mol. The zero-order valence-corrected chi connectivity index (χ0v) is 15.8. The molecule has 0 saturated heterocycles. The zero-order chi connectivity index (χ0) is 18.5. The standard InChI is InChI=1S/C18H21N5O2S/c1-4-9-25-15-8-6-5-7-14(15)20-17(24)11-26-18-22-21-16-10-12(2)19-13(3)23(16)18/h5-8,10H,4,9,11H2,1-3H3,(H,20,24). The molecule has 3 rings (SSSR count). The van der Waals surface area contributed by atoms with E-state index in [-0.39, 0.29) is 11.7 Å². The third-order valence-corrected chi connectivity index (χ3v) is 4.54. The summed E-state index contributed by atoms with van der Waals surface area (Å²) in [4.78, 5) is 16.8. The number of para-hydroxylation sites is 2. The van der Waals surface area contributed by atoms with Crippen LogP contribution in [0.5, 0.6) is 5.75 Å². The van der Waals surface area contributed by atoms with E-state index in [1.165, 1.54) is 11.8 Å². The number of aryl methyl sites for hydroxylation is 2. The summed E-state index contributed by atoms with van der Waals surface area (Å²) in [5.41, 5.74) is 2.29. The predicted octanol–water partition coefficient (Wildman–Crippen LogP) is 3.26. The maximum Gasteiger partial charge on any atom is 0.234 e. The number of amides is 1. The van der Waals surface area contributed by atoms with E-state index in [4.69, 9.17) is 4.74 Å². The second-order valence-electron chi connectivity index (χ2n) is 5.80. The van der Waals surface area contributed by atoms with Gasteiger partial charge in [0.05, 0.1) is 18.0 Å². The van der Waals surface area contributed by atoms with E-state index in [9.17, 15) is 4.79 Å². The first-order chi connectivity index (χ1) is 12.6. The summed E-state index contributed by atoms with van der Waals surface area (Å²) in [5, 5.41) is 11.9. The van der Waals surface area contributed by atoms with Gasteiger partial charge in [-0.2, -0.15) is 0 Å². The quantitative estimate of drug-likeness (QED) is 0.642. The number of anilines is 1. The van der Waals surface area contributed by atoms with Crippen LogP contribution in [-0.4, -0.2) is 37.8 Å². The van der Waals surface area contributed by atoms with Crippen LogP contribution in [0.15, 0.2) is 35.5 Å². The lowest BCUT2D eigenvalue weighted by atomic mass is 10.3. The van der Waals surface area contributed by atoms with Crippen molar-refractivity contribution in [2.75, 3.05) is 17.7 Å². The largest absolute Gasteiger partial charge is 0.491 e. The van der Waals surface area contributed by atoms with Gasteiger partial charge in [0.1, 0.15) is 11.6 Å². The van der Waals surface area contributed by atoms with E-state index < -0.39 is 0 Å². The molecule has 136 valence electrons. The number of aromatic nitrogens is 4. The van der Waals surface area contributed by atoms with Crippen LogP contribution >= 0.6 is 11.8 Å². The van der Waals surface area contributed by atoms with Gasteiger partial charge in [0.15, 0.2) is 10.8 Å². The third-order valence-electron chi connectivity index (χ3n) is 3.61. The number of hydrogen-bond acceptors (Lipinski definition) is 6. The molecule has 0 spiro atoms. The molecule has 0 fully saturated rings. The number of nitrogens with zero attached hydrogens (tertiary/aromatic N) is 4. The molecule has 2 aromatic heterocycles. The molecule has 0 radical (unpaired) electrons. The molecule has 7 nitrogen and oxygen atoms in total. The van der Waals surface area contributed by atoms with Gasteiger partial charge in [0.2, 0.25) is 5.91 Å². The van der Waals surface area contributed by atoms with Gasteiger partial charge in [-0.15, -0.1) is 10.2 Å². The van der Waals surface area contributed by atoms with E-state index in [0.717, 1.165) is 23.6 Å². The number of fused-ring (bicyclic) bond motifs is 1. The number of carbonyl (C=O) groups is 1. The molecule has 0 saturated carbocycles. The van der Waals surface area contributed by atoms with Crippen LogP contribution in [0.25, 0.3) is 5.65 Å². The van der Waals surface area contributed by atoms with Crippen molar-refractivity contribution in [3.05, 3.63) is 41.9 Å². The number of nitrogens with one attached hydrogen (secondary N) is 1. The average molecular weight is 371 g/mol. The summed E-state index contributed by atoms with van der Waals surface area (Å²) in [6, 6.07) is 9.30. The van der Waals surface area contributed by atoms with Crippen LogP contribution in [0.4, 0.5) is 5.69 Å². The molecule has 0 aliphatic carbocycles. The lowest BCUT2D eigenvalue weighted by molar-refractivity contribution is -0.113. The topological polar surface area (TPSA) is 81.4 Å². The van der Waals surface area contributed by atoms with Gasteiger partial charge < -0.3 is 10.1 Å². The average Bonchev–Trinajstić information content (AvgIpc) is 3.02. The normalized spacial score (nSPS) is 10.9. The number of ether oxygens (including phenoxy) is 1. The Hall–Kier alpha value is -2.61. The number of hydrogen-bond donors (Lipinski definition) is 1. The second kappa shape index (κ2) is 8.18. The Morgan fingerprint density at radius 2 is 2.08 bits per heavy atom. The maximum atomic E-state index is 12.3. The van der Waals surface area contributed by atoms with Crippen molar-refractivity contribution in [3.8, 4) is 5.75 Å². The number of rotatable bonds is 7. The highest BCUT2D eigenvalue weighted by atomic mass is 32.2. The highest BCUT2D eigenvalue weighted by Crippen LogP contribution is 2.25. The summed E-state index contributed by atoms with van der Waals surface area (Å²) >= 11 is 1.32. The molecule has 0 atom stereocenters. The summed E-state index contributed by atoms with van der Waals surface area (Å²) < 4.78 is 7.52. The van der Waals surface area contributed by atoms with E-state index in [2.05, 4.69) is 20.5 Å². The molecule has 8 heteroatoms. The monoisotopic (exact) mass is 371 g/mol. The van der Waals surface area contributed by atoms with Gasteiger partial charge in [0.25, 0.3) is 0 Å². The highest BCUT2D eigenvalue weighted by molar-refractivity contribution is 7.99. The molecular weight excluding hydrogens is 350 g/mol. The van der Waals surface area contributed by atoms with Gasteiger partial charge in [0, 0.05) is 11.8 Å². The second-order valence-corrected chi connectivity index (χ2v) is 6.74. The van der Waals surface area contributed by atoms with Crippen LogP contribution in [0.3, 0.4) is 0 Å². The number of carbonyl (C=O) groups excluding carboxylic acids is 1. The summed E-state index contributed by atoms with van der Waals surface area (Å²) in [6.45, 7) is 6.47. The van der Waals surface area contributed by atoms with Crippen molar-refractivity contribution in [1.82, 2.24) is 19.6 Å². The Morgan fingerprint density at radius 1 is 1.27 bits per heavy atom. The minimum absolute atomic E-state index is 0.128. The van der Waals surface area contributed by atoms with Crippen LogP contribution in [0.2, 0.25) is 0 Å². The molecule has 3 aromatic rings. The van der Waals surface area contributed by atoms with Crippen molar-refractivity contribution >= 4 is 29.0 Å². The van der Waals surface area contributed by atoms with Gasteiger partial charge in [-0.25, -0.2) is 4.98 Å². The van der Waals surface area contributed by atoms with Crippen LogP contribution in [-0.2, 0) is 4.79 Å². The van der Waals surface area contributed by atoms with Crippen molar-refractivity contribution in [2.45, 2.75) is 32.3 Å². The highest BCUT2D eigenvalue weighted by Gasteiger charge is 2.13. The minimum Gasteiger partial charge on any atom is -0.491 e. The molecule has 1 aromatic carbocycles. The molecular formula is C18H21N5O2S. The van der Waals surface area contributed by atoms with Crippen molar-refractivity contribution in [2.24, 2.45) is 0 Å². The fourth-order valence-corrected chi connectivity index (χ4v) is 3.31. The van der Waals surface area contributed by atoms with Gasteiger partial charge in [-0.05, 0) is 32.4 Å². The Bertz CT molecular complexity index is 925. The minimum atomic E-state index is -0.128. The first-order valence-corrected chi connectivity index (χ1v) is 9.41. The molecule has 0 unspecified atom stereocenters. The van der Waals surface area contributed by atoms with Gasteiger partial charge in [-0.1, -0.05) is 30.8 Å². The van der Waals surface area contributed by atoms with E-state index in [1.54, 1.807) is 0 Å². The lowest BCUT2D eigenvalue weighted by Crippen LogP contribution is -2.15. The van der Waals surface area contributed by atoms with Gasteiger partial charge >= 0.3 is 0 Å². The van der Waals surface area contributed by atoms with Crippen LogP contribution < -0.4 is 10.1 Å². The molecule has 1 amide bonds. The lowest BCUT2D eigenvalue weighted by Gasteiger charge is -2.11. The van der Waals surface area contributed by atoms with Gasteiger partial charge in [-0.3, -0.25) is 9.20 Å². The molecule has 26 heavy (non-hydrogen) atoms. The van der Waals surface area contributed by atoms with Crippen molar-refractivity contribution < 1.29 is 9.53 Å². The van der Waals surface area contributed by atoms with Crippen molar-refractivity contribution in [3.63, 3.8) is 0 Å². The maximum absolute atomic E-state index is 12.3. The summed E-state index contributed by atoms with van der Waals surface area (Å²) in [6.07, 6.45) is 0.908. The summed E-state index contributed by atoms with van der Waals surface area (Å²) in [5.74, 6) is 1.57. The first kappa shape index (κ1) is 18.2. The van der Waals surface area contributed by atoms with Crippen LogP contribution in [0, 0.1) is 13.8 Å². The third kappa shape index (κ3) is 4.13. The molecule has 1 N–H and O–H groups in total. The Labute approximate surface area is 156 Å². The SMILES string of the molecule is CCCOc1ccccc1NC(=O)CSc1nnc2cc(C)nc(C)n12.